The van der Waals surface area contributed by atoms with Crippen LogP contribution in [-0.2, 0) is 0 Å². The van der Waals surface area contributed by atoms with Gasteiger partial charge in [0.15, 0.2) is 6.29 Å². The number of non-ortho nitro benzene ring substituents is 1. The van der Waals surface area contributed by atoms with Crippen molar-refractivity contribution >= 4 is 17.9 Å². The maximum atomic E-state index is 12.1. The van der Waals surface area contributed by atoms with Crippen molar-refractivity contribution in [2.75, 3.05) is 6.61 Å². The van der Waals surface area contributed by atoms with Crippen LogP contribution in [0, 0.1) is 10.1 Å². The fourth-order valence-electron chi connectivity index (χ4n) is 1.85. The Hall–Kier alpha value is -3.22. The Morgan fingerprint density at radius 3 is 2.48 bits per heavy atom. The average Bonchev–Trinajstić information content (AvgIpc) is 2.56. The second-order valence-electron chi connectivity index (χ2n) is 4.44. The largest absolute Gasteiger partial charge is 0.494 e. The summed E-state index contributed by atoms with van der Waals surface area (Å²) in [6.45, 7) is 2.35. The third-order valence-corrected chi connectivity index (χ3v) is 2.93. The van der Waals surface area contributed by atoms with Gasteiger partial charge in [-0.2, -0.15) is 0 Å². The van der Waals surface area contributed by atoms with Gasteiger partial charge in [0.25, 0.3) is 5.69 Å². The number of esters is 1. The highest BCUT2D eigenvalue weighted by atomic mass is 16.6. The van der Waals surface area contributed by atoms with Gasteiger partial charge in [0.2, 0.25) is 0 Å². The standard InChI is InChI=1S/C16H13NO6/c1-2-22-14-6-3-11(4-7-14)16(19)23-15-8-5-13(17(20)21)9-12(15)10-18/h3-10H,2H2,1H3. The minimum atomic E-state index is -0.676. The van der Waals surface area contributed by atoms with Crippen molar-refractivity contribution < 1.29 is 24.0 Å². The molecule has 23 heavy (non-hydrogen) atoms. The molecule has 0 fully saturated rings. The van der Waals surface area contributed by atoms with E-state index in [1.165, 1.54) is 18.2 Å². The third-order valence-electron chi connectivity index (χ3n) is 2.93. The molecule has 2 rings (SSSR count). The lowest BCUT2D eigenvalue weighted by Crippen LogP contribution is -2.10. The molecular formula is C16H13NO6. The number of benzene rings is 2. The number of nitro groups is 1. The van der Waals surface area contributed by atoms with Crippen LogP contribution in [0.1, 0.15) is 27.6 Å². The molecule has 2 aromatic carbocycles. The van der Waals surface area contributed by atoms with Gasteiger partial charge in [-0.05, 0) is 37.3 Å². The summed E-state index contributed by atoms with van der Waals surface area (Å²) in [4.78, 5) is 33.1. The summed E-state index contributed by atoms with van der Waals surface area (Å²) < 4.78 is 10.4. The van der Waals surface area contributed by atoms with Gasteiger partial charge in [0.05, 0.1) is 22.7 Å². The van der Waals surface area contributed by atoms with E-state index in [0.717, 1.165) is 12.1 Å². The minimum absolute atomic E-state index is 0.0375. The van der Waals surface area contributed by atoms with Crippen LogP contribution in [0.5, 0.6) is 11.5 Å². The van der Waals surface area contributed by atoms with E-state index in [4.69, 9.17) is 9.47 Å². The average molecular weight is 315 g/mol. The first-order valence-corrected chi connectivity index (χ1v) is 6.73. The van der Waals surface area contributed by atoms with E-state index in [2.05, 4.69) is 0 Å². The van der Waals surface area contributed by atoms with Crippen LogP contribution in [0.15, 0.2) is 42.5 Å². The summed E-state index contributed by atoms with van der Waals surface area (Å²) in [5, 5.41) is 10.7. The summed E-state index contributed by atoms with van der Waals surface area (Å²) >= 11 is 0. The van der Waals surface area contributed by atoms with Crippen LogP contribution in [0.3, 0.4) is 0 Å². The molecule has 2 aromatic rings. The lowest BCUT2D eigenvalue weighted by Gasteiger charge is -2.07. The number of rotatable bonds is 6. The Morgan fingerprint density at radius 1 is 1.22 bits per heavy atom. The van der Waals surface area contributed by atoms with E-state index in [1.54, 1.807) is 12.1 Å². The van der Waals surface area contributed by atoms with Crippen molar-refractivity contribution in [1.82, 2.24) is 0 Å². The predicted molar refractivity (Wildman–Crippen MR) is 81.1 cm³/mol. The first kappa shape index (κ1) is 16.2. The number of nitrogens with zero attached hydrogens (tertiary/aromatic N) is 1. The Balaban J connectivity index is 2.19. The van der Waals surface area contributed by atoms with Crippen LogP contribution in [0.25, 0.3) is 0 Å². The van der Waals surface area contributed by atoms with Crippen molar-refractivity contribution in [3.63, 3.8) is 0 Å². The molecule has 0 unspecified atom stereocenters. The Morgan fingerprint density at radius 2 is 1.91 bits per heavy atom. The molecule has 0 aliphatic carbocycles. The lowest BCUT2D eigenvalue weighted by molar-refractivity contribution is -0.384. The van der Waals surface area contributed by atoms with Gasteiger partial charge in [-0.1, -0.05) is 0 Å². The predicted octanol–water partition coefficient (Wildman–Crippen LogP) is 3.03. The van der Waals surface area contributed by atoms with Crippen LogP contribution in [0.4, 0.5) is 5.69 Å². The second kappa shape index (κ2) is 7.17. The summed E-state index contributed by atoms with van der Waals surface area (Å²) in [6, 6.07) is 9.72. The zero-order valence-corrected chi connectivity index (χ0v) is 12.2. The SMILES string of the molecule is CCOc1ccc(C(=O)Oc2ccc([N+](=O)[O-])cc2C=O)cc1. The Bertz CT molecular complexity index is 739. The van der Waals surface area contributed by atoms with Crippen LogP contribution >= 0.6 is 0 Å². The Labute approximate surface area is 131 Å². The molecule has 0 amide bonds. The van der Waals surface area contributed by atoms with E-state index in [9.17, 15) is 19.7 Å². The van der Waals surface area contributed by atoms with Gasteiger partial charge in [-0.3, -0.25) is 14.9 Å². The smallest absolute Gasteiger partial charge is 0.343 e. The number of hydrogen-bond donors (Lipinski definition) is 0. The van der Waals surface area contributed by atoms with Crippen LogP contribution in [-0.4, -0.2) is 23.8 Å². The van der Waals surface area contributed by atoms with Crippen LogP contribution in [0.2, 0.25) is 0 Å². The molecule has 0 bridgehead atoms. The number of nitro benzene ring substituents is 1. The number of carbonyl (C=O) groups is 2. The van der Waals surface area contributed by atoms with Crippen LogP contribution < -0.4 is 9.47 Å². The maximum Gasteiger partial charge on any atom is 0.343 e. The second-order valence-corrected chi connectivity index (χ2v) is 4.44. The number of aldehydes is 1. The molecule has 0 aromatic heterocycles. The van der Waals surface area contributed by atoms with Crippen molar-refractivity contribution in [3.8, 4) is 11.5 Å². The molecule has 0 aliphatic heterocycles. The summed E-state index contributed by atoms with van der Waals surface area (Å²) in [5.41, 5.74) is -0.0601. The molecule has 0 spiro atoms. The highest BCUT2D eigenvalue weighted by Gasteiger charge is 2.15. The van der Waals surface area contributed by atoms with Gasteiger partial charge in [-0.25, -0.2) is 4.79 Å². The fraction of sp³-hybridized carbons (Fsp3) is 0.125. The minimum Gasteiger partial charge on any atom is -0.494 e. The van der Waals surface area contributed by atoms with Crippen molar-refractivity contribution in [3.05, 3.63) is 63.7 Å². The zero-order chi connectivity index (χ0) is 16.8. The fourth-order valence-corrected chi connectivity index (χ4v) is 1.85. The van der Waals surface area contributed by atoms with Crippen molar-refractivity contribution in [2.24, 2.45) is 0 Å². The van der Waals surface area contributed by atoms with Gasteiger partial charge < -0.3 is 9.47 Å². The number of hydrogen-bond acceptors (Lipinski definition) is 6. The van der Waals surface area contributed by atoms with E-state index in [-0.39, 0.29) is 22.6 Å². The first-order chi connectivity index (χ1) is 11.0. The number of carbonyl (C=O) groups excluding carboxylic acids is 2. The Kier molecular flexibility index (Phi) is 5.03. The van der Waals surface area contributed by atoms with Gasteiger partial charge in [0.1, 0.15) is 11.5 Å². The first-order valence-electron chi connectivity index (χ1n) is 6.73. The molecule has 7 heteroatoms. The third kappa shape index (κ3) is 3.91. The molecule has 0 radical (unpaired) electrons. The van der Waals surface area contributed by atoms with Crippen molar-refractivity contribution in [2.45, 2.75) is 6.92 Å². The maximum absolute atomic E-state index is 12.1. The van der Waals surface area contributed by atoms with Gasteiger partial charge >= 0.3 is 5.97 Å². The molecule has 7 nitrogen and oxygen atoms in total. The van der Waals surface area contributed by atoms with E-state index in [0.29, 0.717) is 18.6 Å². The summed E-state index contributed by atoms with van der Waals surface area (Å²) in [6.07, 6.45) is 0.397. The van der Waals surface area contributed by atoms with Gasteiger partial charge in [-0.15, -0.1) is 0 Å². The van der Waals surface area contributed by atoms with Gasteiger partial charge in [0, 0.05) is 12.1 Å². The highest BCUT2D eigenvalue weighted by molar-refractivity contribution is 5.92. The molecular weight excluding hydrogens is 302 g/mol. The lowest BCUT2D eigenvalue weighted by atomic mass is 10.2. The molecule has 0 heterocycles. The molecule has 0 saturated heterocycles. The molecule has 0 aliphatic rings. The van der Waals surface area contributed by atoms with E-state index in [1.807, 2.05) is 6.92 Å². The zero-order valence-electron chi connectivity index (χ0n) is 12.2. The highest BCUT2D eigenvalue weighted by Crippen LogP contribution is 2.24. The quantitative estimate of drug-likeness (QED) is 0.267. The number of ether oxygens (including phenoxy) is 2. The van der Waals surface area contributed by atoms with E-state index < -0.39 is 10.9 Å². The topological polar surface area (TPSA) is 95.7 Å². The molecule has 0 N–H and O–H groups in total. The molecule has 0 saturated carbocycles. The summed E-state index contributed by atoms with van der Waals surface area (Å²) in [7, 11) is 0. The monoisotopic (exact) mass is 315 g/mol. The molecule has 118 valence electrons. The van der Waals surface area contributed by atoms with Crippen molar-refractivity contribution in [1.29, 1.82) is 0 Å². The normalized spacial score (nSPS) is 9.96. The molecule has 0 atom stereocenters. The summed E-state index contributed by atoms with van der Waals surface area (Å²) in [5.74, 6) is -0.0950. The van der Waals surface area contributed by atoms with E-state index >= 15 is 0 Å².